The summed E-state index contributed by atoms with van der Waals surface area (Å²) in [4.78, 5) is 25.8. The molecule has 1 heterocycles. The third-order valence-corrected chi connectivity index (χ3v) is 4.26. The molecule has 1 aliphatic rings. The minimum absolute atomic E-state index is 0.0154. The number of likely N-dealkylation sites (tertiary alicyclic amines) is 1. The molecule has 0 spiro atoms. The average molecular weight is 255 g/mol. The number of carboxylic acids is 1. The predicted molar refractivity (Wildman–Crippen MR) is 70.3 cm³/mol. The quantitative estimate of drug-likeness (QED) is 0.821. The number of aliphatic carboxylic acids is 1. The lowest BCUT2D eigenvalue weighted by molar-refractivity contribution is -0.161. The molecule has 1 N–H and O–H groups in total. The molecule has 4 nitrogen and oxygen atoms in total. The number of carbonyl (C=O) groups excluding carboxylic acids is 1. The summed E-state index contributed by atoms with van der Waals surface area (Å²) in [5, 5.41) is 9.56. The molecular weight excluding hydrogens is 230 g/mol. The van der Waals surface area contributed by atoms with Crippen LogP contribution >= 0.6 is 0 Å². The Balaban J connectivity index is 3.06. The van der Waals surface area contributed by atoms with E-state index in [1.807, 2.05) is 27.7 Å². The van der Waals surface area contributed by atoms with E-state index in [-0.39, 0.29) is 5.91 Å². The Bertz CT molecular complexity index is 338. The van der Waals surface area contributed by atoms with Gasteiger partial charge in [0.25, 0.3) is 0 Å². The summed E-state index contributed by atoms with van der Waals surface area (Å²) in [7, 11) is 0. The maximum absolute atomic E-state index is 12.6. The van der Waals surface area contributed by atoms with Crippen LogP contribution in [0.25, 0.3) is 0 Å². The van der Waals surface area contributed by atoms with Gasteiger partial charge in [0.1, 0.15) is 5.54 Å². The van der Waals surface area contributed by atoms with Gasteiger partial charge in [-0.05, 0) is 25.7 Å². The lowest BCUT2D eigenvalue weighted by atomic mass is 9.84. The van der Waals surface area contributed by atoms with Gasteiger partial charge in [-0.15, -0.1) is 0 Å². The van der Waals surface area contributed by atoms with E-state index in [0.717, 1.165) is 19.3 Å². The second kappa shape index (κ2) is 5.29. The summed E-state index contributed by atoms with van der Waals surface area (Å²) in [6.07, 6.45) is 3.43. The SMILES string of the molecule is CCCC1(C(=O)O)CCCN1C(=O)C(C)(C)CC. The van der Waals surface area contributed by atoms with Crippen molar-refractivity contribution in [1.29, 1.82) is 0 Å². The van der Waals surface area contributed by atoms with Gasteiger partial charge in [-0.2, -0.15) is 0 Å². The summed E-state index contributed by atoms with van der Waals surface area (Å²) in [6.45, 7) is 8.31. The number of amides is 1. The van der Waals surface area contributed by atoms with Gasteiger partial charge in [0.2, 0.25) is 5.91 Å². The van der Waals surface area contributed by atoms with E-state index in [2.05, 4.69) is 0 Å². The molecule has 1 fully saturated rings. The Morgan fingerprint density at radius 1 is 1.33 bits per heavy atom. The lowest BCUT2D eigenvalue weighted by Gasteiger charge is -2.39. The fourth-order valence-corrected chi connectivity index (χ4v) is 2.69. The van der Waals surface area contributed by atoms with Crippen LogP contribution in [-0.2, 0) is 9.59 Å². The van der Waals surface area contributed by atoms with Crippen molar-refractivity contribution in [3.8, 4) is 0 Å². The Morgan fingerprint density at radius 3 is 2.39 bits per heavy atom. The van der Waals surface area contributed by atoms with Crippen molar-refractivity contribution in [3.63, 3.8) is 0 Å². The molecular formula is C14H25NO3. The molecule has 1 unspecified atom stereocenters. The minimum atomic E-state index is -0.960. The zero-order valence-electron chi connectivity index (χ0n) is 12.0. The maximum Gasteiger partial charge on any atom is 0.329 e. The summed E-state index contributed by atoms with van der Waals surface area (Å²) in [5.74, 6) is -0.861. The summed E-state index contributed by atoms with van der Waals surface area (Å²) in [6, 6.07) is 0. The van der Waals surface area contributed by atoms with Gasteiger partial charge < -0.3 is 10.0 Å². The fourth-order valence-electron chi connectivity index (χ4n) is 2.69. The van der Waals surface area contributed by atoms with E-state index in [9.17, 15) is 14.7 Å². The first-order chi connectivity index (χ1) is 8.31. The molecule has 18 heavy (non-hydrogen) atoms. The van der Waals surface area contributed by atoms with Crippen LogP contribution in [0.2, 0.25) is 0 Å². The highest BCUT2D eigenvalue weighted by molar-refractivity contribution is 5.90. The van der Waals surface area contributed by atoms with Crippen LogP contribution in [0.3, 0.4) is 0 Å². The third kappa shape index (κ3) is 2.38. The molecule has 1 saturated heterocycles. The third-order valence-electron chi connectivity index (χ3n) is 4.26. The van der Waals surface area contributed by atoms with Gasteiger partial charge in [0.15, 0.2) is 0 Å². The summed E-state index contributed by atoms with van der Waals surface area (Å²) < 4.78 is 0. The molecule has 0 aliphatic carbocycles. The maximum atomic E-state index is 12.6. The monoisotopic (exact) mass is 255 g/mol. The molecule has 0 aromatic heterocycles. The van der Waals surface area contributed by atoms with Crippen LogP contribution < -0.4 is 0 Å². The van der Waals surface area contributed by atoms with E-state index in [1.165, 1.54) is 0 Å². The van der Waals surface area contributed by atoms with Crippen molar-refractivity contribution in [2.24, 2.45) is 5.41 Å². The first-order valence-electron chi connectivity index (χ1n) is 6.87. The normalized spacial score (nSPS) is 24.3. The van der Waals surface area contributed by atoms with E-state index in [4.69, 9.17) is 0 Å². The highest BCUT2D eigenvalue weighted by Crippen LogP contribution is 2.38. The summed E-state index contributed by atoms with van der Waals surface area (Å²) >= 11 is 0. The standard InChI is InChI=1S/C14H25NO3/c1-5-8-14(12(17)18)9-7-10-15(14)11(16)13(3,4)6-2/h5-10H2,1-4H3,(H,17,18). The first-order valence-corrected chi connectivity index (χ1v) is 6.87. The van der Waals surface area contributed by atoms with Crippen LogP contribution in [0.15, 0.2) is 0 Å². The van der Waals surface area contributed by atoms with Crippen molar-refractivity contribution in [2.45, 2.75) is 65.3 Å². The van der Waals surface area contributed by atoms with Crippen molar-refractivity contribution in [1.82, 2.24) is 4.90 Å². The van der Waals surface area contributed by atoms with Crippen LogP contribution in [0.4, 0.5) is 0 Å². The van der Waals surface area contributed by atoms with Gasteiger partial charge in [-0.25, -0.2) is 4.79 Å². The molecule has 104 valence electrons. The number of carboxylic acid groups (broad SMARTS) is 1. The van der Waals surface area contributed by atoms with E-state index < -0.39 is 16.9 Å². The minimum Gasteiger partial charge on any atom is -0.479 e. The molecule has 0 saturated carbocycles. The molecule has 1 amide bonds. The Hall–Kier alpha value is -1.06. The zero-order chi connectivity index (χ0) is 14.0. The lowest BCUT2D eigenvalue weighted by Crippen LogP contribution is -2.56. The molecule has 1 aliphatic heterocycles. The fraction of sp³-hybridized carbons (Fsp3) is 0.857. The van der Waals surface area contributed by atoms with E-state index in [1.54, 1.807) is 4.90 Å². The van der Waals surface area contributed by atoms with Crippen molar-refractivity contribution in [2.75, 3.05) is 6.54 Å². The van der Waals surface area contributed by atoms with Crippen LogP contribution in [-0.4, -0.2) is 34.0 Å². The number of hydrogen-bond acceptors (Lipinski definition) is 2. The Kier molecular flexibility index (Phi) is 4.41. The Labute approximate surface area is 109 Å². The second-order valence-corrected chi connectivity index (χ2v) is 5.88. The average Bonchev–Trinajstić information content (AvgIpc) is 2.73. The number of rotatable bonds is 5. The number of nitrogens with zero attached hydrogens (tertiary/aromatic N) is 1. The van der Waals surface area contributed by atoms with Crippen molar-refractivity contribution in [3.05, 3.63) is 0 Å². The van der Waals surface area contributed by atoms with Crippen LogP contribution in [0, 0.1) is 5.41 Å². The Morgan fingerprint density at radius 2 is 1.94 bits per heavy atom. The number of hydrogen-bond donors (Lipinski definition) is 1. The van der Waals surface area contributed by atoms with Crippen molar-refractivity contribution >= 4 is 11.9 Å². The topological polar surface area (TPSA) is 57.6 Å². The molecule has 0 aromatic carbocycles. The highest BCUT2D eigenvalue weighted by Gasteiger charge is 2.51. The second-order valence-electron chi connectivity index (χ2n) is 5.88. The van der Waals surface area contributed by atoms with Gasteiger partial charge in [0, 0.05) is 12.0 Å². The van der Waals surface area contributed by atoms with Crippen LogP contribution in [0.5, 0.6) is 0 Å². The first kappa shape index (κ1) is 15.0. The molecule has 1 rings (SSSR count). The smallest absolute Gasteiger partial charge is 0.329 e. The molecule has 4 heteroatoms. The summed E-state index contributed by atoms with van der Waals surface area (Å²) in [5.41, 5.74) is -1.43. The molecule has 0 radical (unpaired) electrons. The zero-order valence-corrected chi connectivity index (χ0v) is 12.0. The molecule has 0 aromatic rings. The number of carbonyl (C=O) groups is 2. The van der Waals surface area contributed by atoms with Gasteiger partial charge >= 0.3 is 5.97 Å². The van der Waals surface area contributed by atoms with Gasteiger partial charge in [0.05, 0.1) is 0 Å². The highest BCUT2D eigenvalue weighted by atomic mass is 16.4. The van der Waals surface area contributed by atoms with Crippen molar-refractivity contribution < 1.29 is 14.7 Å². The predicted octanol–water partition coefficient (Wildman–Crippen LogP) is 2.67. The molecule has 0 bridgehead atoms. The van der Waals surface area contributed by atoms with Gasteiger partial charge in [-0.3, -0.25) is 4.79 Å². The van der Waals surface area contributed by atoms with E-state index in [0.29, 0.717) is 19.4 Å². The molecule has 1 atom stereocenters. The largest absolute Gasteiger partial charge is 0.479 e. The van der Waals surface area contributed by atoms with Crippen LogP contribution in [0.1, 0.15) is 59.8 Å². The van der Waals surface area contributed by atoms with E-state index >= 15 is 0 Å². The van der Waals surface area contributed by atoms with Gasteiger partial charge in [-0.1, -0.05) is 34.1 Å².